The average molecular weight is 238 g/mol. The Bertz CT molecular complexity index is 212. The molecule has 0 bridgehead atoms. The second-order valence-electron chi connectivity index (χ2n) is 1.55. The fourth-order valence-corrected chi connectivity index (χ4v) is 1.03. The minimum Gasteiger partial charge on any atom is -0.269 e. The molecule has 1 rings (SSSR count). The van der Waals surface area contributed by atoms with E-state index >= 15 is 0 Å². The quantitative estimate of drug-likeness (QED) is 0.640. The fraction of sp³-hybridized carbons (Fsp3) is 0. The highest BCUT2D eigenvalue weighted by Crippen LogP contribution is 2.27. The molecule has 1 aromatic rings. The van der Waals surface area contributed by atoms with E-state index in [1.54, 1.807) is 18.2 Å². The molecule has 0 aromatic heterocycles. The van der Waals surface area contributed by atoms with E-state index < -0.39 is 0 Å². The summed E-state index contributed by atoms with van der Waals surface area (Å²) in [5.41, 5.74) is 0. The van der Waals surface area contributed by atoms with Crippen LogP contribution >= 0.6 is 35.8 Å². The van der Waals surface area contributed by atoms with Crippen LogP contribution in [0.3, 0.4) is 0 Å². The van der Waals surface area contributed by atoms with Crippen LogP contribution in [-0.2, 0) is 0 Å². The molecule has 0 nitrogen and oxygen atoms in total. The minimum absolute atomic E-state index is 0. The highest BCUT2D eigenvalue weighted by molar-refractivity contribution is 7.80. The first-order valence-electron chi connectivity index (χ1n) is 2.33. The van der Waals surface area contributed by atoms with Gasteiger partial charge in [-0.15, -0.1) is 0 Å². The van der Waals surface area contributed by atoms with Gasteiger partial charge < -0.3 is 0 Å². The molecule has 0 aliphatic carbocycles. The van der Waals surface area contributed by atoms with Crippen molar-refractivity contribution in [1.82, 2.24) is 0 Å². The molecular weight excluding hydrogens is 232 g/mol. The van der Waals surface area contributed by atoms with Crippen molar-refractivity contribution in [3.63, 3.8) is 0 Å². The smallest absolute Gasteiger partial charge is 0.0772 e. The molecule has 12 heavy (non-hydrogen) atoms. The summed E-state index contributed by atoms with van der Waals surface area (Å²) in [6.07, 6.45) is 0. The maximum absolute atomic E-state index is 5.64. The number of hydrogen-bond acceptors (Lipinski definition) is 0. The zero-order chi connectivity index (χ0) is 6.85. The number of hydrogen-bond donors (Lipinski definition) is 0. The van der Waals surface area contributed by atoms with E-state index in [0.29, 0.717) is 14.9 Å². The molecule has 0 unspecified atom stereocenters. The topological polar surface area (TPSA) is 0 Å². The Kier molecular flexibility index (Phi) is 11.1. The summed E-state index contributed by atoms with van der Waals surface area (Å²) in [6.45, 7) is 0. The third-order valence-corrected chi connectivity index (χ3v) is 2.19. The highest BCUT2D eigenvalue weighted by Gasteiger charge is 1.98. The van der Waals surface area contributed by atoms with Gasteiger partial charge in [0.15, 0.2) is 0 Å². The lowest BCUT2D eigenvalue weighted by molar-refractivity contribution is 1.11. The molecule has 0 heterocycles. The first-order valence-corrected chi connectivity index (χ1v) is 3.49. The van der Waals surface area contributed by atoms with E-state index in [0.717, 1.165) is 0 Å². The van der Waals surface area contributed by atoms with Gasteiger partial charge in [-0.3, -0.25) is 14.1 Å². The van der Waals surface area contributed by atoms with Crippen LogP contribution in [0.25, 0.3) is 0 Å². The van der Waals surface area contributed by atoms with Crippen molar-refractivity contribution in [3.8, 4) is 0 Å². The van der Waals surface area contributed by atoms with E-state index in [-0.39, 0.29) is 14.1 Å². The molecule has 71 valence electrons. The number of halogens is 5. The predicted octanol–water partition coefficient (Wildman–Crippen LogP) is 4.01. The van der Waals surface area contributed by atoms with Gasteiger partial charge >= 0.3 is 0 Å². The Labute approximate surface area is 83.4 Å². The van der Waals surface area contributed by atoms with Gasteiger partial charge in [0.25, 0.3) is 0 Å². The molecule has 0 atom stereocenters. The van der Waals surface area contributed by atoms with Gasteiger partial charge in [0.1, 0.15) is 0 Å². The van der Waals surface area contributed by atoms with Crippen LogP contribution in [0.4, 0.5) is 14.1 Å². The summed E-state index contributed by atoms with van der Waals surface area (Å²) >= 11 is 16.1. The molecule has 0 spiro atoms. The van der Waals surface area contributed by atoms with Gasteiger partial charge in [0.05, 0.1) is 14.9 Å². The second-order valence-corrected chi connectivity index (χ2v) is 2.78. The molecule has 0 saturated heterocycles. The van der Waals surface area contributed by atoms with Gasteiger partial charge in [-0.25, -0.2) is 0 Å². The maximum atomic E-state index is 5.64. The summed E-state index contributed by atoms with van der Waals surface area (Å²) < 4.78 is 0. The lowest BCUT2D eigenvalue weighted by atomic mass is 10.4. The van der Waals surface area contributed by atoms with Crippen LogP contribution in [0.5, 0.6) is 0 Å². The van der Waals surface area contributed by atoms with Crippen LogP contribution < -0.4 is 0 Å². The van der Waals surface area contributed by atoms with E-state index in [4.69, 9.17) is 35.8 Å². The normalized spacial score (nSPS) is 7.17. The van der Waals surface area contributed by atoms with Gasteiger partial charge in [-0.1, -0.05) is 41.9 Å². The first-order chi connectivity index (χ1) is 4.22. The predicted molar refractivity (Wildman–Crippen MR) is 49.8 cm³/mol. The summed E-state index contributed by atoms with van der Waals surface area (Å²) in [5, 5.41) is 0.985. The largest absolute Gasteiger partial charge is 0.269 e. The highest BCUT2D eigenvalue weighted by atomic mass is 35.5. The standard InChI is InChI=1S/C6H3Cl2S.3FH/c7-4-2-1-3-5(9)6(4)8;;;/h1-3H;3*1H. The first kappa shape index (κ1) is 17.8. The van der Waals surface area contributed by atoms with Crippen molar-refractivity contribution in [2.24, 2.45) is 0 Å². The van der Waals surface area contributed by atoms with Crippen LogP contribution in [0, 0.1) is 0 Å². The molecule has 6 heteroatoms. The summed E-state index contributed by atoms with van der Waals surface area (Å²) in [6, 6.07) is 5.22. The molecule has 0 N–H and O–H groups in total. The number of benzene rings is 1. The summed E-state index contributed by atoms with van der Waals surface area (Å²) in [7, 11) is 0. The number of rotatable bonds is 0. The minimum atomic E-state index is 0. The average Bonchev–Trinajstić information content (AvgIpc) is 1.83. The van der Waals surface area contributed by atoms with Crippen LogP contribution in [0.1, 0.15) is 0 Å². The van der Waals surface area contributed by atoms with E-state index in [9.17, 15) is 0 Å². The summed E-state index contributed by atoms with van der Waals surface area (Å²) in [4.78, 5) is 0.601. The van der Waals surface area contributed by atoms with Crippen molar-refractivity contribution in [2.75, 3.05) is 0 Å². The van der Waals surface area contributed by atoms with Gasteiger partial charge in [-0.05, 0) is 12.1 Å². The molecular formula is C6H6Cl2F3S. The second kappa shape index (κ2) is 7.46. The maximum Gasteiger partial charge on any atom is 0.0772 e. The van der Waals surface area contributed by atoms with Gasteiger partial charge in [-0.2, -0.15) is 0 Å². The molecule has 0 fully saturated rings. The fourth-order valence-electron chi connectivity index (χ4n) is 0.484. The Morgan fingerprint density at radius 1 is 1.00 bits per heavy atom. The molecule has 0 saturated carbocycles. The van der Waals surface area contributed by atoms with Crippen molar-refractivity contribution in [1.29, 1.82) is 0 Å². The van der Waals surface area contributed by atoms with Crippen LogP contribution in [-0.4, -0.2) is 0 Å². The Hall–Kier alpha value is -0.190. The summed E-state index contributed by atoms with van der Waals surface area (Å²) in [5.74, 6) is 0. The molecule has 0 aliphatic heterocycles. The monoisotopic (exact) mass is 237 g/mol. The lowest BCUT2D eigenvalue weighted by Gasteiger charge is -1.94. The van der Waals surface area contributed by atoms with E-state index in [2.05, 4.69) is 0 Å². The third kappa shape index (κ3) is 3.99. The SMILES string of the molecule is F.F.F.[S]c1cccc(Cl)c1Cl. The Balaban J connectivity index is -0.000000270. The van der Waals surface area contributed by atoms with Crippen molar-refractivity contribution >= 4 is 35.8 Å². The molecule has 1 aromatic carbocycles. The van der Waals surface area contributed by atoms with Crippen molar-refractivity contribution in [3.05, 3.63) is 28.2 Å². The zero-order valence-electron chi connectivity index (χ0n) is 5.62. The van der Waals surface area contributed by atoms with E-state index in [1.807, 2.05) is 0 Å². The van der Waals surface area contributed by atoms with Crippen molar-refractivity contribution < 1.29 is 14.1 Å². The molecule has 0 amide bonds. The zero-order valence-corrected chi connectivity index (χ0v) is 7.95. The van der Waals surface area contributed by atoms with Gasteiger partial charge in [0.2, 0.25) is 0 Å². The van der Waals surface area contributed by atoms with Crippen LogP contribution in [0.15, 0.2) is 23.1 Å². The molecule has 0 aliphatic rings. The lowest BCUT2D eigenvalue weighted by Crippen LogP contribution is -1.68. The Morgan fingerprint density at radius 3 is 1.83 bits per heavy atom. The van der Waals surface area contributed by atoms with E-state index in [1.165, 1.54) is 0 Å². The van der Waals surface area contributed by atoms with Crippen molar-refractivity contribution in [2.45, 2.75) is 4.90 Å². The van der Waals surface area contributed by atoms with Crippen LogP contribution in [0.2, 0.25) is 10.0 Å². The van der Waals surface area contributed by atoms with Gasteiger partial charge in [0, 0.05) is 0 Å². The Morgan fingerprint density at radius 2 is 1.50 bits per heavy atom. The third-order valence-electron chi connectivity index (χ3n) is 0.916. The molecule has 1 radical (unpaired) electrons.